The number of nitrogens with two attached hydrogens (primary N) is 4. The van der Waals surface area contributed by atoms with Crippen LogP contribution in [0.1, 0.15) is 50.7 Å². The third-order valence-electron chi connectivity index (χ3n) is 8.66. The van der Waals surface area contributed by atoms with Gasteiger partial charge in [0.05, 0.1) is 0 Å². The molecule has 58 heavy (non-hydrogen) atoms. The van der Waals surface area contributed by atoms with Crippen LogP contribution in [0.2, 0.25) is 0 Å². The standard InChI is InChI=1S/C42H46N7O6P3/c1-29(2)31-5-17-41(18-6-31)54-58(55-42-19-7-32(8-20-42)30(3)4)47-56(52-39-25-13-35(45)14-26-39)48(50-37-21-9-33(43)10-22-37)57(53-40-27-15-36(46)16-28-40)49(58)51-38-23-11-34(44)12-24-38/h5-30H,43-46H2,1-4H3. The van der Waals surface area contributed by atoms with E-state index in [4.69, 9.17) is 55.2 Å². The minimum Gasteiger partial charge on any atom is -0.440 e. The Balaban J connectivity index is 1.48. The van der Waals surface area contributed by atoms with E-state index in [9.17, 15) is 0 Å². The van der Waals surface area contributed by atoms with E-state index in [1.165, 1.54) is 9.21 Å². The first-order valence-corrected chi connectivity index (χ1v) is 22.4. The van der Waals surface area contributed by atoms with E-state index in [1.54, 1.807) is 97.1 Å². The molecule has 0 bridgehead atoms. The zero-order valence-electron chi connectivity index (χ0n) is 32.5. The molecule has 0 saturated carbocycles. The highest BCUT2D eigenvalue weighted by Crippen LogP contribution is 2.77. The quantitative estimate of drug-likeness (QED) is 0.0603. The molecule has 0 radical (unpaired) electrons. The largest absolute Gasteiger partial charge is 0.447 e. The molecule has 0 fully saturated rings. The second kappa shape index (κ2) is 17.9. The molecular formula is C42H46N7O6P3. The molecule has 0 spiro atoms. The monoisotopic (exact) mass is 837 g/mol. The summed E-state index contributed by atoms with van der Waals surface area (Å²) in [6.45, 7) is 8.52. The van der Waals surface area contributed by atoms with Crippen molar-refractivity contribution < 1.29 is 27.8 Å². The molecule has 0 saturated heterocycles. The van der Waals surface area contributed by atoms with Crippen LogP contribution in [0, 0.1) is 0 Å². The molecule has 0 aromatic heterocycles. The Kier molecular flexibility index (Phi) is 12.5. The fourth-order valence-corrected chi connectivity index (χ4v) is 12.9. The lowest BCUT2D eigenvalue weighted by atomic mass is 10.0. The molecule has 7 rings (SSSR count). The fraction of sp³-hybridized carbons (Fsp3) is 0.143. The normalized spacial score (nSPS) is 16.7. The molecule has 6 aromatic rings. The highest BCUT2D eigenvalue weighted by atomic mass is 31.3. The van der Waals surface area contributed by atoms with E-state index in [2.05, 4.69) is 27.7 Å². The number of hydrogen-bond acceptors (Lipinski definition) is 13. The van der Waals surface area contributed by atoms with Crippen LogP contribution < -0.4 is 50.7 Å². The van der Waals surface area contributed by atoms with E-state index in [0.29, 0.717) is 69.1 Å². The lowest BCUT2D eigenvalue weighted by Gasteiger charge is -2.43. The molecule has 13 nitrogen and oxygen atoms in total. The molecule has 16 heteroatoms. The molecule has 2 unspecified atom stereocenters. The van der Waals surface area contributed by atoms with Crippen LogP contribution in [0.5, 0.6) is 34.5 Å². The molecule has 1 heterocycles. The summed E-state index contributed by atoms with van der Waals surface area (Å²) in [6, 6.07) is 43.5. The molecule has 6 aromatic carbocycles. The maximum Gasteiger partial charge on any atom is 0.447 e. The first kappa shape index (κ1) is 40.5. The number of anilines is 4. The van der Waals surface area contributed by atoms with E-state index in [1.807, 2.05) is 48.5 Å². The lowest BCUT2D eigenvalue weighted by molar-refractivity contribution is 0.0546. The van der Waals surface area contributed by atoms with E-state index in [-0.39, 0.29) is 0 Å². The van der Waals surface area contributed by atoms with Crippen molar-refractivity contribution in [1.82, 2.24) is 9.21 Å². The van der Waals surface area contributed by atoms with Crippen LogP contribution in [0.4, 0.5) is 22.7 Å². The Morgan fingerprint density at radius 3 is 1.19 bits per heavy atom. The lowest BCUT2D eigenvalue weighted by Crippen LogP contribution is -2.37. The first-order valence-electron chi connectivity index (χ1n) is 18.5. The predicted octanol–water partition coefficient (Wildman–Crippen LogP) is 11.9. The van der Waals surface area contributed by atoms with Gasteiger partial charge in [-0.1, -0.05) is 52.0 Å². The van der Waals surface area contributed by atoms with Gasteiger partial charge in [-0.3, -0.25) is 0 Å². The molecule has 1 aliphatic heterocycles. The maximum atomic E-state index is 7.09. The molecule has 2 atom stereocenters. The van der Waals surface area contributed by atoms with Gasteiger partial charge in [-0.25, -0.2) is 0 Å². The molecule has 1 aliphatic rings. The summed E-state index contributed by atoms with van der Waals surface area (Å²) in [6.07, 6.45) is 0. The fourth-order valence-electron chi connectivity index (χ4n) is 5.39. The zero-order chi connectivity index (χ0) is 40.8. The summed E-state index contributed by atoms with van der Waals surface area (Å²) < 4.78 is 36.3. The van der Waals surface area contributed by atoms with Gasteiger partial charge in [-0.15, -0.1) is 4.52 Å². The highest BCUT2D eigenvalue weighted by molar-refractivity contribution is 7.78. The molecule has 0 amide bonds. The molecular weight excluding hydrogens is 791 g/mol. The van der Waals surface area contributed by atoms with Crippen molar-refractivity contribution in [2.24, 2.45) is 4.52 Å². The summed E-state index contributed by atoms with van der Waals surface area (Å²) >= 11 is 0. The van der Waals surface area contributed by atoms with Crippen molar-refractivity contribution in [2.75, 3.05) is 22.9 Å². The number of nitrogen functional groups attached to an aromatic ring is 4. The second-order valence-corrected chi connectivity index (χ2v) is 19.4. The van der Waals surface area contributed by atoms with Gasteiger partial charge in [0, 0.05) is 32.0 Å². The van der Waals surface area contributed by atoms with Crippen LogP contribution in [0.15, 0.2) is 150 Å². The van der Waals surface area contributed by atoms with Gasteiger partial charge >= 0.3 is 24.6 Å². The van der Waals surface area contributed by atoms with Crippen LogP contribution in [-0.2, 0) is 0 Å². The van der Waals surface area contributed by atoms with Gasteiger partial charge in [0.2, 0.25) is 0 Å². The van der Waals surface area contributed by atoms with Crippen molar-refractivity contribution in [3.05, 3.63) is 157 Å². The van der Waals surface area contributed by atoms with Gasteiger partial charge in [-0.2, -0.15) is 0 Å². The minimum atomic E-state index is -3.93. The van der Waals surface area contributed by atoms with Gasteiger partial charge in [0.1, 0.15) is 34.5 Å². The molecule has 0 aliphatic carbocycles. The summed E-state index contributed by atoms with van der Waals surface area (Å²) in [5, 5.41) is 0. The predicted molar refractivity (Wildman–Crippen MR) is 235 cm³/mol. The summed E-state index contributed by atoms with van der Waals surface area (Å²) in [7, 11) is -8.44. The summed E-state index contributed by atoms with van der Waals surface area (Å²) in [4.78, 5) is 13.6. The van der Waals surface area contributed by atoms with E-state index >= 15 is 0 Å². The van der Waals surface area contributed by atoms with Crippen molar-refractivity contribution in [3.63, 3.8) is 0 Å². The Morgan fingerprint density at radius 1 is 0.448 bits per heavy atom. The van der Waals surface area contributed by atoms with Gasteiger partial charge in [0.15, 0.2) is 0 Å². The Hall–Kier alpha value is -5.67. The average molecular weight is 838 g/mol. The van der Waals surface area contributed by atoms with Gasteiger partial charge < -0.3 is 50.7 Å². The van der Waals surface area contributed by atoms with Crippen LogP contribution in [0.25, 0.3) is 0 Å². The molecule has 8 N–H and O–H groups in total. The number of nitrogens with zero attached hydrogens (tertiary/aromatic N) is 3. The van der Waals surface area contributed by atoms with Crippen molar-refractivity contribution in [2.45, 2.75) is 39.5 Å². The number of benzene rings is 6. The maximum absolute atomic E-state index is 7.09. The van der Waals surface area contributed by atoms with Gasteiger partial charge in [-0.05, 0) is 144 Å². The SMILES string of the molecule is CC(C)c1ccc(OP2(Oc3ccc(C(C)C)cc3)=NP(Oc3ccc(N)cc3)N(Oc3ccc(N)cc3)P(Oc3ccc(N)cc3)N2Oc2ccc(N)cc2)cc1. The third kappa shape index (κ3) is 9.88. The minimum absolute atomic E-state index is 0.291. The first-order chi connectivity index (χ1) is 27.9. The van der Waals surface area contributed by atoms with Crippen LogP contribution in [-0.4, -0.2) is 9.21 Å². The van der Waals surface area contributed by atoms with Crippen molar-refractivity contribution in [3.8, 4) is 34.5 Å². The average Bonchev–Trinajstić information content (AvgIpc) is 3.21. The summed E-state index contributed by atoms with van der Waals surface area (Å²) in [5.74, 6) is 3.28. The van der Waals surface area contributed by atoms with E-state index in [0.717, 1.165) is 11.1 Å². The van der Waals surface area contributed by atoms with Gasteiger partial charge in [0.25, 0.3) is 0 Å². The van der Waals surface area contributed by atoms with Crippen LogP contribution >= 0.6 is 24.6 Å². The highest BCUT2D eigenvalue weighted by Gasteiger charge is 2.58. The van der Waals surface area contributed by atoms with E-state index < -0.39 is 24.6 Å². The Morgan fingerprint density at radius 2 is 0.793 bits per heavy atom. The summed E-state index contributed by atoms with van der Waals surface area (Å²) in [5.41, 5.74) is 28.9. The second-order valence-electron chi connectivity index (χ2n) is 13.9. The Bertz CT molecular complexity index is 2260. The van der Waals surface area contributed by atoms with Crippen LogP contribution in [0.3, 0.4) is 0 Å². The molecule has 300 valence electrons. The van der Waals surface area contributed by atoms with Crippen molar-refractivity contribution in [1.29, 1.82) is 0 Å². The number of hydrogen-bond donors (Lipinski definition) is 4. The van der Waals surface area contributed by atoms with Crippen molar-refractivity contribution >= 4 is 47.3 Å². The zero-order valence-corrected chi connectivity index (χ0v) is 35.1. The number of rotatable bonds is 14. The smallest absolute Gasteiger partial charge is 0.440 e. The Labute approximate surface area is 341 Å². The topological polar surface area (TPSA) is 178 Å². The third-order valence-corrected chi connectivity index (χ3v) is 15.5.